The van der Waals surface area contributed by atoms with E-state index in [1.165, 1.54) is 6.92 Å². The average molecular weight is 431 g/mol. The van der Waals surface area contributed by atoms with E-state index in [-0.39, 0.29) is 23.8 Å². The number of ether oxygens (including phenoxy) is 1. The number of amides is 3. The third-order valence-corrected chi connectivity index (χ3v) is 5.94. The van der Waals surface area contributed by atoms with Crippen molar-refractivity contribution in [1.29, 1.82) is 0 Å². The van der Waals surface area contributed by atoms with Crippen LogP contribution in [0.5, 0.6) is 0 Å². The molecule has 0 spiro atoms. The van der Waals surface area contributed by atoms with Gasteiger partial charge in [0.1, 0.15) is 0 Å². The summed E-state index contributed by atoms with van der Waals surface area (Å²) in [5.74, 6) is -0.167. The van der Waals surface area contributed by atoms with Gasteiger partial charge in [0.15, 0.2) is 0 Å². The quantitative estimate of drug-likeness (QED) is 0.714. The van der Waals surface area contributed by atoms with Crippen LogP contribution in [0.15, 0.2) is 24.3 Å². The first kappa shape index (κ1) is 23.2. The third kappa shape index (κ3) is 6.77. The van der Waals surface area contributed by atoms with Gasteiger partial charge in [-0.05, 0) is 37.5 Å². The molecule has 2 aliphatic rings. The van der Waals surface area contributed by atoms with Gasteiger partial charge in [0, 0.05) is 70.4 Å². The van der Waals surface area contributed by atoms with E-state index in [4.69, 9.17) is 4.74 Å². The Hall–Kier alpha value is -2.45. The van der Waals surface area contributed by atoms with Gasteiger partial charge < -0.3 is 19.9 Å². The third-order valence-electron chi connectivity index (χ3n) is 5.94. The molecule has 8 heteroatoms. The van der Waals surface area contributed by atoms with Crippen molar-refractivity contribution in [2.24, 2.45) is 0 Å². The number of morpholine rings is 1. The van der Waals surface area contributed by atoms with Crippen molar-refractivity contribution in [2.75, 3.05) is 57.8 Å². The van der Waals surface area contributed by atoms with Gasteiger partial charge in [-0.25, -0.2) is 0 Å². The van der Waals surface area contributed by atoms with E-state index in [9.17, 15) is 14.4 Å². The molecule has 0 radical (unpaired) electrons. The molecule has 1 aromatic carbocycles. The molecule has 2 fully saturated rings. The molecule has 8 nitrogen and oxygen atoms in total. The lowest BCUT2D eigenvalue weighted by molar-refractivity contribution is -0.132. The second-order valence-electron chi connectivity index (χ2n) is 8.33. The minimum absolute atomic E-state index is 0.0402. The van der Waals surface area contributed by atoms with Crippen molar-refractivity contribution in [2.45, 2.75) is 39.2 Å². The normalized spacial score (nSPS) is 19.7. The number of nitrogens with zero attached hydrogens (tertiary/aromatic N) is 3. The first-order valence-corrected chi connectivity index (χ1v) is 11.2. The number of piperidine rings is 1. The van der Waals surface area contributed by atoms with E-state index in [0.29, 0.717) is 30.9 Å². The summed E-state index contributed by atoms with van der Waals surface area (Å²) < 4.78 is 5.39. The SMILES string of the molecule is CC(=O)Nc1cccc(C(=O)N2CCCC(N(CCCN3CCOCC3)C(C)=O)C2)c1. The van der Waals surface area contributed by atoms with Crippen LogP contribution in [0.4, 0.5) is 5.69 Å². The van der Waals surface area contributed by atoms with Gasteiger partial charge in [0.05, 0.1) is 13.2 Å². The highest BCUT2D eigenvalue weighted by Gasteiger charge is 2.29. The number of likely N-dealkylation sites (tertiary alicyclic amines) is 1. The number of hydrogen-bond acceptors (Lipinski definition) is 5. The monoisotopic (exact) mass is 430 g/mol. The minimum Gasteiger partial charge on any atom is -0.379 e. The first-order valence-electron chi connectivity index (χ1n) is 11.2. The van der Waals surface area contributed by atoms with Gasteiger partial charge in [-0.15, -0.1) is 0 Å². The van der Waals surface area contributed by atoms with E-state index in [2.05, 4.69) is 10.2 Å². The summed E-state index contributed by atoms with van der Waals surface area (Å²) >= 11 is 0. The zero-order valence-electron chi connectivity index (χ0n) is 18.6. The van der Waals surface area contributed by atoms with Gasteiger partial charge in [-0.2, -0.15) is 0 Å². The maximum absolute atomic E-state index is 13.1. The van der Waals surface area contributed by atoms with Crippen LogP contribution in [0.1, 0.15) is 43.5 Å². The lowest BCUT2D eigenvalue weighted by atomic mass is 10.0. The van der Waals surface area contributed by atoms with Crippen molar-refractivity contribution in [3.8, 4) is 0 Å². The molecule has 170 valence electrons. The van der Waals surface area contributed by atoms with Crippen LogP contribution in [0.25, 0.3) is 0 Å². The summed E-state index contributed by atoms with van der Waals surface area (Å²) in [7, 11) is 0. The topological polar surface area (TPSA) is 82.2 Å². The van der Waals surface area contributed by atoms with Crippen LogP contribution in [-0.4, -0.2) is 90.9 Å². The van der Waals surface area contributed by atoms with Gasteiger partial charge in [-0.1, -0.05) is 6.07 Å². The van der Waals surface area contributed by atoms with Crippen LogP contribution < -0.4 is 5.32 Å². The van der Waals surface area contributed by atoms with Crippen LogP contribution in [-0.2, 0) is 14.3 Å². The molecule has 1 unspecified atom stereocenters. The van der Waals surface area contributed by atoms with Crippen LogP contribution in [0.3, 0.4) is 0 Å². The molecule has 1 aromatic rings. The zero-order valence-corrected chi connectivity index (χ0v) is 18.6. The van der Waals surface area contributed by atoms with Gasteiger partial charge in [0.25, 0.3) is 5.91 Å². The van der Waals surface area contributed by atoms with E-state index >= 15 is 0 Å². The summed E-state index contributed by atoms with van der Waals surface area (Å²) in [5.41, 5.74) is 1.16. The largest absolute Gasteiger partial charge is 0.379 e. The molecule has 2 saturated heterocycles. The van der Waals surface area contributed by atoms with Crippen molar-refractivity contribution >= 4 is 23.4 Å². The summed E-state index contributed by atoms with van der Waals surface area (Å²) in [5, 5.41) is 2.72. The number of rotatable bonds is 7. The molecule has 3 rings (SSSR count). The number of benzene rings is 1. The van der Waals surface area contributed by atoms with E-state index in [0.717, 1.165) is 52.1 Å². The molecular formula is C23H34N4O4. The molecule has 2 aliphatic heterocycles. The van der Waals surface area contributed by atoms with Crippen molar-refractivity contribution < 1.29 is 19.1 Å². The first-order chi connectivity index (χ1) is 14.9. The Bertz CT molecular complexity index is 779. The maximum Gasteiger partial charge on any atom is 0.253 e. The second-order valence-corrected chi connectivity index (χ2v) is 8.33. The second kappa shape index (κ2) is 11.2. The fourth-order valence-corrected chi connectivity index (χ4v) is 4.40. The van der Waals surface area contributed by atoms with Gasteiger partial charge in [-0.3, -0.25) is 19.3 Å². The van der Waals surface area contributed by atoms with Crippen molar-refractivity contribution in [3.63, 3.8) is 0 Å². The zero-order chi connectivity index (χ0) is 22.2. The molecule has 2 heterocycles. The highest BCUT2D eigenvalue weighted by Crippen LogP contribution is 2.20. The van der Waals surface area contributed by atoms with E-state index < -0.39 is 0 Å². The Morgan fingerprint density at radius 1 is 1.16 bits per heavy atom. The molecule has 0 aliphatic carbocycles. The van der Waals surface area contributed by atoms with Crippen LogP contribution in [0.2, 0.25) is 0 Å². The Morgan fingerprint density at radius 2 is 1.94 bits per heavy atom. The lowest BCUT2D eigenvalue weighted by Crippen LogP contribution is -2.51. The van der Waals surface area contributed by atoms with Crippen molar-refractivity contribution in [1.82, 2.24) is 14.7 Å². The average Bonchev–Trinajstić information content (AvgIpc) is 2.76. The fraction of sp³-hybridized carbons (Fsp3) is 0.609. The predicted molar refractivity (Wildman–Crippen MR) is 119 cm³/mol. The van der Waals surface area contributed by atoms with Crippen LogP contribution >= 0.6 is 0 Å². The molecule has 0 bridgehead atoms. The van der Waals surface area contributed by atoms with Gasteiger partial charge >= 0.3 is 0 Å². The molecule has 1 atom stereocenters. The summed E-state index contributed by atoms with van der Waals surface area (Å²) in [6.07, 6.45) is 2.70. The van der Waals surface area contributed by atoms with Crippen LogP contribution in [0, 0.1) is 0 Å². The lowest BCUT2D eigenvalue weighted by Gasteiger charge is -2.39. The summed E-state index contributed by atoms with van der Waals surface area (Å²) in [6, 6.07) is 7.05. The molecule has 0 saturated carbocycles. The Kier molecular flexibility index (Phi) is 8.43. The van der Waals surface area contributed by atoms with Gasteiger partial charge in [0.2, 0.25) is 11.8 Å². The number of carbonyl (C=O) groups is 3. The number of carbonyl (C=O) groups excluding carboxylic acids is 3. The molecule has 31 heavy (non-hydrogen) atoms. The Balaban J connectivity index is 1.58. The number of hydrogen-bond donors (Lipinski definition) is 1. The maximum atomic E-state index is 13.1. The molecule has 0 aromatic heterocycles. The van der Waals surface area contributed by atoms with Crippen molar-refractivity contribution in [3.05, 3.63) is 29.8 Å². The number of nitrogens with one attached hydrogen (secondary N) is 1. The van der Waals surface area contributed by atoms with E-state index in [1.807, 2.05) is 9.80 Å². The highest BCUT2D eigenvalue weighted by molar-refractivity contribution is 5.97. The Labute approximate surface area is 184 Å². The Morgan fingerprint density at radius 3 is 2.65 bits per heavy atom. The molecular weight excluding hydrogens is 396 g/mol. The summed E-state index contributed by atoms with van der Waals surface area (Å²) in [6.45, 7) is 9.39. The smallest absolute Gasteiger partial charge is 0.253 e. The standard InChI is InChI=1S/C23H34N4O4/c1-18(28)24-21-7-3-6-20(16-21)23(30)26-10-4-8-22(17-26)27(19(2)29)11-5-9-25-12-14-31-15-13-25/h3,6-7,16,22H,4-5,8-15,17H2,1-2H3,(H,24,28). The number of anilines is 1. The van der Waals surface area contributed by atoms with E-state index in [1.54, 1.807) is 31.2 Å². The highest BCUT2D eigenvalue weighted by atomic mass is 16.5. The fourth-order valence-electron chi connectivity index (χ4n) is 4.40. The molecule has 1 N–H and O–H groups in total. The molecule has 3 amide bonds. The minimum atomic E-state index is -0.170. The summed E-state index contributed by atoms with van der Waals surface area (Å²) in [4.78, 5) is 42.9. The predicted octanol–water partition coefficient (Wildman–Crippen LogP) is 1.82.